The minimum absolute atomic E-state index is 0.0000912. The van der Waals surface area contributed by atoms with Crippen molar-refractivity contribution >= 4 is 33.7 Å². The lowest BCUT2D eigenvalue weighted by atomic mass is 9.90. The van der Waals surface area contributed by atoms with Gasteiger partial charge >= 0.3 is 0 Å². The van der Waals surface area contributed by atoms with Gasteiger partial charge in [0.25, 0.3) is 0 Å². The lowest BCUT2D eigenvalue weighted by Gasteiger charge is -2.54. The molecule has 6 nitrogen and oxygen atoms in total. The first kappa shape index (κ1) is 24.6. The summed E-state index contributed by atoms with van der Waals surface area (Å²) in [6, 6.07) is 7.47. The molecule has 0 bridgehead atoms. The molecule has 2 heterocycles. The molecule has 0 saturated heterocycles. The van der Waals surface area contributed by atoms with E-state index in [0.29, 0.717) is 10.6 Å². The third-order valence-electron chi connectivity index (χ3n) is 5.74. The van der Waals surface area contributed by atoms with Crippen molar-refractivity contribution in [1.82, 2.24) is 9.71 Å². The summed E-state index contributed by atoms with van der Waals surface area (Å²) in [5.74, 6) is -0.581. The molecular weight excluding hydrogens is 458 g/mol. The van der Waals surface area contributed by atoms with Crippen molar-refractivity contribution in [2.24, 2.45) is 10.7 Å². The zero-order valence-electron chi connectivity index (χ0n) is 18.2. The number of rotatable bonds is 7. The number of hydrogen-bond donors (Lipinski definition) is 3. The summed E-state index contributed by atoms with van der Waals surface area (Å²) in [6.07, 6.45) is 1.39. The smallest absolute Gasteiger partial charge is 0.185 e. The summed E-state index contributed by atoms with van der Waals surface area (Å²) >= 11 is 5.82. The van der Waals surface area contributed by atoms with Crippen molar-refractivity contribution in [3.8, 4) is 0 Å². The molecule has 2 atom stereocenters. The Hall–Kier alpha value is -2.07. The molecule has 2 aromatic rings. The van der Waals surface area contributed by atoms with Crippen LogP contribution in [0.4, 0.5) is 8.78 Å². The maximum absolute atomic E-state index is 15.0. The number of nitrogens with zero attached hydrogens (tertiary/aromatic N) is 2. The number of benzene rings is 1. The van der Waals surface area contributed by atoms with E-state index in [1.54, 1.807) is 32.9 Å². The summed E-state index contributed by atoms with van der Waals surface area (Å²) in [6.45, 7) is 4.43. The number of carbonyl (C=O) groups excluding carboxylic acids is 1. The molecule has 1 aromatic carbocycles. The molecule has 0 radical (unpaired) electrons. The standard InChI is InChI=1S/C22H27ClF2N4O2S/c1-21(2)20(26)29-22(3,13-32(21,31)28-9-8-24)16-10-14(4-6-17(16)25)11-19(30)18-7-5-15(23)12-27-18/h4-7,10,12,28,31H,8-9,11,13H2,1-3H3,(H2,26,29)/t22-/m0/s1. The Labute approximate surface area is 192 Å². The second-order valence-corrected chi connectivity index (χ2v) is 11.9. The highest BCUT2D eigenvalue weighted by Gasteiger charge is 2.51. The maximum atomic E-state index is 15.0. The van der Waals surface area contributed by atoms with Gasteiger partial charge in [-0.1, -0.05) is 28.2 Å². The van der Waals surface area contributed by atoms with Gasteiger partial charge in [0.05, 0.1) is 15.3 Å². The fourth-order valence-electron chi connectivity index (χ4n) is 3.68. The molecule has 0 aliphatic carbocycles. The molecular formula is C22H27ClF2N4O2S. The second-order valence-electron chi connectivity index (χ2n) is 8.49. The van der Waals surface area contributed by atoms with Gasteiger partial charge in [-0.05, 0) is 50.6 Å². The van der Waals surface area contributed by atoms with E-state index < -0.39 is 33.3 Å². The van der Waals surface area contributed by atoms with Gasteiger partial charge in [0.15, 0.2) is 5.78 Å². The molecule has 1 aromatic heterocycles. The quantitative estimate of drug-likeness (QED) is 0.505. The maximum Gasteiger partial charge on any atom is 0.185 e. The number of halogens is 3. The normalized spacial score (nSPS) is 26.8. The number of aliphatic imine (C=N–C) groups is 1. The number of alkyl halides is 1. The van der Waals surface area contributed by atoms with Crippen LogP contribution in [-0.2, 0) is 12.0 Å². The van der Waals surface area contributed by atoms with Crippen LogP contribution in [0.1, 0.15) is 42.4 Å². The Kier molecular flexibility index (Phi) is 6.95. The van der Waals surface area contributed by atoms with E-state index in [2.05, 4.69) is 14.7 Å². The van der Waals surface area contributed by atoms with E-state index in [0.717, 1.165) is 0 Å². The van der Waals surface area contributed by atoms with Crippen molar-refractivity contribution in [2.45, 2.75) is 37.5 Å². The van der Waals surface area contributed by atoms with Crippen LogP contribution in [0.3, 0.4) is 0 Å². The van der Waals surface area contributed by atoms with Gasteiger partial charge in [0.2, 0.25) is 0 Å². The van der Waals surface area contributed by atoms with Crippen molar-refractivity contribution < 1.29 is 18.1 Å². The molecule has 1 aliphatic rings. The summed E-state index contributed by atoms with van der Waals surface area (Å²) in [5, 5.41) is 0.422. The number of ketones is 1. The van der Waals surface area contributed by atoms with Crippen LogP contribution in [0.5, 0.6) is 0 Å². The van der Waals surface area contributed by atoms with Crippen LogP contribution in [0, 0.1) is 5.82 Å². The van der Waals surface area contributed by atoms with E-state index in [1.165, 1.54) is 24.4 Å². The number of amidine groups is 1. The van der Waals surface area contributed by atoms with Gasteiger partial charge in [-0.25, -0.2) is 8.78 Å². The molecule has 0 saturated carbocycles. The van der Waals surface area contributed by atoms with Crippen LogP contribution in [0.25, 0.3) is 0 Å². The van der Waals surface area contributed by atoms with Crippen LogP contribution in [0.2, 0.25) is 5.02 Å². The fraction of sp³-hybridized carbons (Fsp3) is 0.409. The second kappa shape index (κ2) is 9.05. The largest absolute Gasteiger partial charge is 0.386 e. The van der Waals surface area contributed by atoms with Crippen LogP contribution in [0.15, 0.2) is 41.5 Å². The fourth-order valence-corrected chi connectivity index (χ4v) is 6.46. The SMILES string of the molecule is CC1(C)C(N)=N[C@](C)(c2cc(CC(=O)c3ccc(Cl)cn3)ccc2F)CS1(O)NCCF. The minimum atomic E-state index is -2.69. The first-order valence-corrected chi connectivity index (χ1v) is 12.2. The highest BCUT2D eigenvalue weighted by molar-refractivity contribution is 8.29. The number of hydrogen-bond acceptors (Lipinski definition) is 6. The Morgan fingerprint density at radius 3 is 2.66 bits per heavy atom. The summed E-state index contributed by atoms with van der Waals surface area (Å²) in [7, 11) is -2.69. The number of Topliss-reactive ketones (excluding diaryl/α,β-unsaturated/α-hetero) is 1. The van der Waals surface area contributed by atoms with Crippen LogP contribution >= 0.6 is 22.1 Å². The molecule has 3 rings (SSSR count). The van der Waals surface area contributed by atoms with Crippen molar-refractivity contribution in [3.05, 3.63) is 64.2 Å². The third-order valence-corrected chi connectivity index (χ3v) is 9.53. The monoisotopic (exact) mass is 484 g/mol. The topological polar surface area (TPSA) is 101 Å². The van der Waals surface area contributed by atoms with Gasteiger partial charge in [-0.3, -0.25) is 19.5 Å². The van der Waals surface area contributed by atoms with E-state index in [4.69, 9.17) is 17.3 Å². The third kappa shape index (κ3) is 4.66. The first-order valence-electron chi connectivity index (χ1n) is 10.0. The van der Waals surface area contributed by atoms with Gasteiger partial charge in [0, 0.05) is 30.5 Å². The van der Waals surface area contributed by atoms with Crippen LogP contribution in [-0.4, -0.2) is 44.9 Å². The molecule has 1 aliphatic heterocycles. The lowest BCUT2D eigenvalue weighted by molar-refractivity contribution is 0.0988. The van der Waals surface area contributed by atoms with Gasteiger partial charge < -0.3 is 10.3 Å². The van der Waals surface area contributed by atoms with Crippen molar-refractivity contribution in [3.63, 3.8) is 0 Å². The molecule has 1 unspecified atom stereocenters. The number of aromatic nitrogens is 1. The highest BCUT2D eigenvalue weighted by atomic mass is 35.5. The van der Waals surface area contributed by atoms with E-state index >= 15 is 0 Å². The zero-order valence-corrected chi connectivity index (χ0v) is 19.7. The zero-order chi connectivity index (χ0) is 23.7. The summed E-state index contributed by atoms with van der Waals surface area (Å²) in [5.41, 5.74) is 6.04. The summed E-state index contributed by atoms with van der Waals surface area (Å²) < 4.78 is 41.2. The summed E-state index contributed by atoms with van der Waals surface area (Å²) in [4.78, 5) is 21.2. The molecule has 10 heteroatoms. The molecule has 174 valence electrons. The Bertz CT molecular complexity index is 1050. The van der Waals surface area contributed by atoms with Crippen molar-refractivity contribution in [2.75, 3.05) is 19.0 Å². The van der Waals surface area contributed by atoms with Crippen LogP contribution < -0.4 is 10.5 Å². The predicted octanol–water partition coefficient (Wildman–Crippen LogP) is 4.42. The highest BCUT2D eigenvalue weighted by Crippen LogP contribution is 2.59. The molecule has 0 amide bonds. The Balaban J connectivity index is 1.97. The number of pyridine rings is 1. The molecule has 4 N–H and O–H groups in total. The minimum Gasteiger partial charge on any atom is -0.386 e. The van der Waals surface area contributed by atoms with E-state index in [-0.39, 0.29) is 41.6 Å². The molecule has 32 heavy (non-hydrogen) atoms. The Morgan fingerprint density at radius 1 is 1.31 bits per heavy atom. The van der Waals surface area contributed by atoms with Gasteiger partial charge in [0.1, 0.15) is 24.0 Å². The van der Waals surface area contributed by atoms with E-state index in [1.807, 2.05) is 0 Å². The van der Waals surface area contributed by atoms with Crippen molar-refractivity contribution in [1.29, 1.82) is 0 Å². The van der Waals surface area contributed by atoms with Gasteiger partial charge in [-0.15, -0.1) is 0 Å². The average molecular weight is 485 g/mol. The lowest BCUT2D eigenvalue weighted by Crippen LogP contribution is -2.56. The van der Waals surface area contributed by atoms with Gasteiger partial charge in [-0.2, -0.15) is 0 Å². The number of carbonyl (C=O) groups is 1. The number of nitrogens with two attached hydrogens (primary N) is 1. The Morgan fingerprint density at radius 2 is 2.03 bits per heavy atom. The number of nitrogens with one attached hydrogen (secondary N) is 1. The average Bonchev–Trinajstić information content (AvgIpc) is 2.72. The molecule has 0 spiro atoms. The molecule has 0 fully saturated rings. The first-order chi connectivity index (χ1) is 14.9. The predicted molar refractivity (Wildman–Crippen MR) is 126 cm³/mol. The van der Waals surface area contributed by atoms with E-state index in [9.17, 15) is 18.1 Å².